The van der Waals surface area contributed by atoms with Crippen LogP contribution in [-0.4, -0.2) is 28.9 Å². The molecule has 0 spiro atoms. The summed E-state index contributed by atoms with van der Waals surface area (Å²) in [5.41, 5.74) is -4.18. The minimum atomic E-state index is -4.18. The maximum atomic E-state index is 11.8. The Bertz CT molecular complexity index is 393. The van der Waals surface area contributed by atoms with Gasteiger partial charge >= 0.3 is 11.5 Å². The fraction of sp³-hybridized carbons (Fsp3) is 0.500. The van der Waals surface area contributed by atoms with Gasteiger partial charge < -0.3 is 10.4 Å². The van der Waals surface area contributed by atoms with E-state index in [0.29, 0.717) is 6.54 Å². The van der Waals surface area contributed by atoms with Crippen molar-refractivity contribution in [3.63, 3.8) is 0 Å². The lowest BCUT2D eigenvalue weighted by Crippen LogP contribution is -2.17. The molecule has 1 heterocycles. The summed E-state index contributed by atoms with van der Waals surface area (Å²) in [6.45, 7) is 0.721. The van der Waals surface area contributed by atoms with Crippen molar-refractivity contribution in [2.45, 2.75) is 18.5 Å². The molecule has 3 nitrogen and oxygen atoms in total. The zero-order chi connectivity index (χ0) is 13.6. The third-order valence-electron chi connectivity index (χ3n) is 1.89. The molecule has 0 unspecified atom stereocenters. The van der Waals surface area contributed by atoms with Crippen LogP contribution in [0.5, 0.6) is 0 Å². The zero-order valence-electron chi connectivity index (χ0n) is 9.29. The van der Waals surface area contributed by atoms with Crippen molar-refractivity contribution in [1.29, 1.82) is 0 Å². The highest BCUT2D eigenvalue weighted by molar-refractivity contribution is 8.00. The third kappa shape index (κ3) is 6.87. The van der Waals surface area contributed by atoms with Crippen LogP contribution in [0.3, 0.4) is 0 Å². The Morgan fingerprint density at radius 2 is 2.06 bits per heavy atom. The first-order valence-corrected chi connectivity index (χ1v) is 6.88. The molecule has 102 valence electrons. The third-order valence-corrected chi connectivity index (χ3v) is 3.71. The summed E-state index contributed by atoms with van der Waals surface area (Å²) in [5, 5.41) is 11.5. The van der Waals surface area contributed by atoms with E-state index >= 15 is 0 Å². The summed E-state index contributed by atoms with van der Waals surface area (Å²) in [6, 6.07) is 3.51. The van der Waals surface area contributed by atoms with Crippen LogP contribution < -0.4 is 5.32 Å². The van der Waals surface area contributed by atoms with E-state index in [4.69, 9.17) is 5.11 Å². The van der Waals surface area contributed by atoms with Crippen LogP contribution >= 0.6 is 23.1 Å². The Morgan fingerprint density at radius 3 is 2.67 bits per heavy atom. The van der Waals surface area contributed by atoms with Gasteiger partial charge in [-0.1, -0.05) is 0 Å². The molecule has 0 aliphatic heterocycles. The molecule has 0 aliphatic carbocycles. The Balaban J connectivity index is 2.19. The van der Waals surface area contributed by atoms with E-state index in [2.05, 4.69) is 5.32 Å². The van der Waals surface area contributed by atoms with Gasteiger partial charge in [0, 0.05) is 28.6 Å². The van der Waals surface area contributed by atoms with Crippen molar-refractivity contribution in [2.24, 2.45) is 0 Å². The number of hydrogen-bond acceptors (Lipinski definition) is 4. The average molecular weight is 299 g/mol. The number of aliphatic carboxylic acids is 1. The zero-order valence-corrected chi connectivity index (χ0v) is 10.9. The number of carboxylic acids is 1. The van der Waals surface area contributed by atoms with E-state index in [1.807, 2.05) is 0 Å². The molecule has 0 bridgehead atoms. The molecule has 1 aromatic rings. The molecule has 18 heavy (non-hydrogen) atoms. The van der Waals surface area contributed by atoms with Crippen molar-refractivity contribution in [3.8, 4) is 0 Å². The van der Waals surface area contributed by atoms with Gasteiger partial charge in [-0.05, 0) is 23.9 Å². The first-order valence-electron chi connectivity index (χ1n) is 5.07. The number of nitrogens with one attached hydrogen (secondary N) is 1. The molecule has 0 saturated heterocycles. The minimum Gasteiger partial charge on any atom is -0.481 e. The van der Waals surface area contributed by atoms with E-state index in [-0.39, 0.29) is 30.5 Å². The van der Waals surface area contributed by atoms with Crippen molar-refractivity contribution < 1.29 is 23.1 Å². The largest absolute Gasteiger partial charge is 0.481 e. The van der Waals surface area contributed by atoms with Gasteiger partial charge in [0.15, 0.2) is 0 Å². The van der Waals surface area contributed by atoms with Crippen LogP contribution in [0, 0.1) is 0 Å². The van der Waals surface area contributed by atoms with E-state index in [9.17, 15) is 18.0 Å². The number of hydrogen-bond donors (Lipinski definition) is 2. The van der Waals surface area contributed by atoms with Crippen LogP contribution in [0.25, 0.3) is 0 Å². The Labute approximate surface area is 110 Å². The van der Waals surface area contributed by atoms with Gasteiger partial charge in [-0.2, -0.15) is 13.2 Å². The standard InChI is InChI=1S/C10H12F3NO2S2/c11-10(12,13)17-4-3-14-6-8-2-1-7(18-8)5-9(15)16/h1-2,14H,3-6H2,(H,15,16). The van der Waals surface area contributed by atoms with Crippen LogP contribution in [0.4, 0.5) is 13.2 Å². The highest BCUT2D eigenvalue weighted by atomic mass is 32.2. The van der Waals surface area contributed by atoms with Gasteiger partial charge in [0.25, 0.3) is 0 Å². The number of thioether (sulfide) groups is 1. The van der Waals surface area contributed by atoms with Crippen molar-refractivity contribution in [3.05, 3.63) is 21.9 Å². The van der Waals surface area contributed by atoms with Crippen LogP contribution in [0.15, 0.2) is 12.1 Å². The Morgan fingerprint density at radius 1 is 1.39 bits per heavy atom. The highest BCUT2D eigenvalue weighted by Crippen LogP contribution is 2.29. The average Bonchev–Trinajstić information content (AvgIpc) is 2.62. The Kier molecular flexibility index (Phi) is 5.97. The second-order valence-electron chi connectivity index (χ2n) is 3.41. The summed E-state index contributed by atoms with van der Waals surface area (Å²) in [6.07, 6.45) is -0.0193. The van der Waals surface area contributed by atoms with Crippen LogP contribution in [0.2, 0.25) is 0 Å². The van der Waals surface area contributed by atoms with Gasteiger partial charge in [-0.15, -0.1) is 11.3 Å². The molecule has 1 rings (SSSR count). The fourth-order valence-electron chi connectivity index (χ4n) is 1.21. The molecule has 0 fully saturated rings. The molecular weight excluding hydrogens is 287 g/mol. The molecule has 0 aromatic carbocycles. The molecule has 0 saturated carbocycles. The quantitative estimate of drug-likeness (QED) is 0.760. The van der Waals surface area contributed by atoms with E-state index in [1.165, 1.54) is 11.3 Å². The summed E-state index contributed by atoms with van der Waals surface area (Å²) in [4.78, 5) is 12.1. The summed E-state index contributed by atoms with van der Waals surface area (Å²) >= 11 is 1.30. The highest BCUT2D eigenvalue weighted by Gasteiger charge is 2.27. The lowest BCUT2D eigenvalue weighted by Gasteiger charge is -2.05. The maximum absolute atomic E-state index is 11.8. The van der Waals surface area contributed by atoms with E-state index in [0.717, 1.165) is 9.75 Å². The summed E-state index contributed by atoms with van der Waals surface area (Å²) in [7, 11) is 0. The van der Waals surface area contributed by atoms with Crippen molar-refractivity contribution in [1.82, 2.24) is 5.32 Å². The van der Waals surface area contributed by atoms with Crippen LogP contribution in [0.1, 0.15) is 9.75 Å². The lowest BCUT2D eigenvalue weighted by atomic mass is 10.3. The molecule has 0 radical (unpaired) electrons. The lowest BCUT2D eigenvalue weighted by molar-refractivity contribution is -0.136. The van der Waals surface area contributed by atoms with E-state index < -0.39 is 11.5 Å². The van der Waals surface area contributed by atoms with E-state index in [1.54, 1.807) is 12.1 Å². The minimum absolute atomic E-state index is 0.0193. The molecule has 0 aliphatic rings. The summed E-state index contributed by atoms with van der Waals surface area (Å²) < 4.78 is 35.4. The molecule has 0 amide bonds. The predicted octanol–water partition coefficient (Wildman–Crippen LogP) is 2.72. The normalized spacial score (nSPS) is 11.7. The first kappa shape index (κ1) is 15.3. The summed E-state index contributed by atoms with van der Waals surface area (Å²) in [5.74, 6) is -0.922. The number of rotatable bonds is 7. The Hall–Kier alpha value is -0.730. The van der Waals surface area contributed by atoms with Gasteiger partial charge in [-0.3, -0.25) is 4.79 Å². The molecule has 0 atom stereocenters. The number of carboxylic acid groups (broad SMARTS) is 1. The smallest absolute Gasteiger partial charge is 0.441 e. The fourth-order valence-corrected chi connectivity index (χ4v) is 2.67. The first-order chi connectivity index (χ1) is 8.37. The SMILES string of the molecule is O=C(O)Cc1ccc(CNCCSC(F)(F)F)s1. The number of alkyl halides is 3. The molecule has 8 heteroatoms. The van der Waals surface area contributed by atoms with Crippen molar-refractivity contribution in [2.75, 3.05) is 12.3 Å². The molecular formula is C10H12F3NO2S2. The van der Waals surface area contributed by atoms with Gasteiger partial charge in [0.1, 0.15) is 0 Å². The van der Waals surface area contributed by atoms with Gasteiger partial charge in [0.2, 0.25) is 0 Å². The molecule has 1 aromatic heterocycles. The number of thiophene rings is 1. The van der Waals surface area contributed by atoms with Crippen LogP contribution in [-0.2, 0) is 17.8 Å². The second-order valence-corrected chi connectivity index (χ2v) is 5.82. The molecule has 2 N–H and O–H groups in total. The number of halogens is 3. The van der Waals surface area contributed by atoms with Gasteiger partial charge in [0.05, 0.1) is 6.42 Å². The second kappa shape index (κ2) is 7.01. The van der Waals surface area contributed by atoms with Crippen molar-refractivity contribution >= 4 is 29.1 Å². The topological polar surface area (TPSA) is 49.3 Å². The predicted molar refractivity (Wildman–Crippen MR) is 65.9 cm³/mol. The monoisotopic (exact) mass is 299 g/mol. The number of carbonyl (C=O) groups is 1. The maximum Gasteiger partial charge on any atom is 0.441 e. The van der Waals surface area contributed by atoms with Gasteiger partial charge in [-0.25, -0.2) is 0 Å².